The quantitative estimate of drug-likeness (QED) is 0.424. The molecule has 0 saturated heterocycles. The van der Waals surface area contributed by atoms with Gasteiger partial charge in [0.2, 0.25) is 11.7 Å². The number of carbonyl (C=O) groups is 3. The molecule has 0 fully saturated rings. The maximum absolute atomic E-state index is 13.5. The molecule has 0 spiro atoms. The number of nitrogens with one attached hydrogen (secondary N) is 2. The first-order chi connectivity index (χ1) is 17.6. The van der Waals surface area contributed by atoms with Crippen LogP contribution >= 0.6 is 0 Å². The second-order valence-electron chi connectivity index (χ2n) is 8.36. The normalized spacial score (nSPS) is 12.4. The highest BCUT2D eigenvalue weighted by atomic mass is 19.1. The molecular weight excluding hydrogens is 484 g/mol. The smallest absolute Gasteiger partial charge is 0.308 e. The fourth-order valence-electron chi connectivity index (χ4n) is 3.87. The van der Waals surface area contributed by atoms with E-state index in [1.54, 1.807) is 31.2 Å². The monoisotopic (exact) mass is 511 g/mol. The third-order valence-electron chi connectivity index (χ3n) is 5.62. The molecule has 1 heterocycles. The first-order valence-electron chi connectivity index (χ1n) is 11.4. The third-order valence-corrected chi connectivity index (χ3v) is 5.62. The Morgan fingerprint density at radius 2 is 1.41 bits per heavy atom. The van der Waals surface area contributed by atoms with Crippen LogP contribution in [0.5, 0.6) is 11.5 Å². The lowest BCUT2D eigenvalue weighted by molar-refractivity contribution is -0.132. The summed E-state index contributed by atoms with van der Waals surface area (Å²) < 4.78 is 37.3. The number of amides is 2. The van der Waals surface area contributed by atoms with Crippen molar-refractivity contribution in [1.29, 1.82) is 0 Å². The highest BCUT2D eigenvalue weighted by Crippen LogP contribution is 2.30. The molecule has 2 N–H and O–H groups in total. The highest BCUT2D eigenvalue weighted by Gasteiger charge is 2.27. The van der Waals surface area contributed by atoms with Crippen molar-refractivity contribution in [3.8, 4) is 11.5 Å². The number of rotatable bonds is 9. The molecule has 194 valence electrons. The molecule has 2 amide bonds. The summed E-state index contributed by atoms with van der Waals surface area (Å²) in [5.74, 6) is -3.21. The number of esters is 1. The van der Waals surface area contributed by atoms with Crippen LogP contribution in [0.1, 0.15) is 48.3 Å². The van der Waals surface area contributed by atoms with Crippen molar-refractivity contribution >= 4 is 17.8 Å². The van der Waals surface area contributed by atoms with E-state index in [2.05, 4.69) is 15.6 Å². The number of halogens is 2. The number of benzene rings is 2. The van der Waals surface area contributed by atoms with Crippen molar-refractivity contribution in [2.75, 3.05) is 7.11 Å². The second kappa shape index (κ2) is 12.1. The molecule has 3 rings (SSSR count). The van der Waals surface area contributed by atoms with Crippen molar-refractivity contribution in [3.63, 3.8) is 0 Å². The molecule has 8 nitrogen and oxygen atoms in total. The van der Waals surface area contributed by atoms with Crippen LogP contribution in [0, 0.1) is 11.6 Å². The number of nitrogens with zero attached hydrogens (tertiary/aromatic N) is 1. The van der Waals surface area contributed by atoms with E-state index in [1.165, 1.54) is 57.5 Å². The van der Waals surface area contributed by atoms with Crippen LogP contribution in [-0.2, 0) is 9.59 Å². The van der Waals surface area contributed by atoms with Crippen LogP contribution in [0.2, 0.25) is 0 Å². The Labute approximate surface area is 213 Å². The zero-order chi connectivity index (χ0) is 27.1. The molecule has 37 heavy (non-hydrogen) atoms. The highest BCUT2D eigenvalue weighted by molar-refractivity contribution is 5.99. The van der Waals surface area contributed by atoms with Gasteiger partial charge in [0.1, 0.15) is 17.7 Å². The predicted molar refractivity (Wildman–Crippen MR) is 131 cm³/mol. The van der Waals surface area contributed by atoms with Crippen LogP contribution in [0.3, 0.4) is 0 Å². The van der Waals surface area contributed by atoms with Gasteiger partial charge in [0.15, 0.2) is 11.4 Å². The van der Waals surface area contributed by atoms with E-state index in [0.717, 1.165) is 0 Å². The van der Waals surface area contributed by atoms with Gasteiger partial charge in [0.05, 0.1) is 7.11 Å². The SMILES string of the molecule is COc1ccnc(C(=O)N[C@@H](C)C(=O)N[C@@H](C)C(c2ccc(F)cc2)c2ccc(F)cc2)c1OC(C)=O. The Morgan fingerprint density at radius 3 is 1.89 bits per heavy atom. The fraction of sp³-hybridized carbons (Fsp3) is 0.259. The van der Waals surface area contributed by atoms with Crippen LogP contribution in [0.4, 0.5) is 8.78 Å². The van der Waals surface area contributed by atoms with Gasteiger partial charge < -0.3 is 20.1 Å². The summed E-state index contributed by atoms with van der Waals surface area (Å²) in [7, 11) is 1.35. The number of ether oxygens (including phenoxy) is 2. The van der Waals surface area contributed by atoms with Gasteiger partial charge in [-0.2, -0.15) is 0 Å². The number of hydrogen-bond acceptors (Lipinski definition) is 6. The van der Waals surface area contributed by atoms with Gasteiger partial charge in [-0.15, -0.1) is 0 Å². The van der Waals surface area contributed by atoms with Gasteiger partial charge in [-0.3, -0.25) is 14.4 Å². The molecule has 0 radical (unpaired) electrons. The van der Waals surface area contributed by atoms with Gasteiger partial charge >= 0.3 is 5.97 Å². The van der Waals surface area contributed by atoms with Gasteiger partial charge in [-0.1, -0.05) is 24.3 Å². The average Bonchev–Trinajstić information content (AvgIpc) is 2.86. The molecular formula is C27H27F2N3O5. The first kappa shape index (κ1) is 27.3. The fourth-order valence-corrected chi connectivity index (χ4v) is 3.87. The Bertz CT molecular complexity index is 1220. The van der Waals surface area contributed by atoms with E-state index in [9.17, 15) is 23.2 Å². The molecule has 2 aromatic carbocycles. The second-order valence-corrected chi connectivity index (χ2v) is 8.36. The molecule has 1 aromatic heterocycles. The van der Waals surface area contributed by atoms with E-state index in [4.69, 9.17) is 9.47 Å². The Kier molecular flexibility index (Phi) is 8.89. The van der Waals surface area contributed by atoms with Crippen molar-refractivity contribution in [1.82, 2.24) is 15.6 Å². The Balaban J connectivity index is 1.78. The average molecular weight is 512 g/mol. The van der Waals surface area contributed by atoms with E-state index < -0.39 is 47.4 Å². The van der Waals surface area contributed by atoms with Gasteiger partial charge in [0, 0.05) is 31.1 Å². The van der Waals surface area contributed by atoms with Gasteiger partial charge in [-0.25, -0.2) is 13.8 Å². The number of methoxy groups -OCH3 is 1. The minimum Gasteiger partial charge on any atom is -0.493 e. The summed E-state index contributed by atoms with van der Waals surface area (Å²) in [5.41, 5.74) is 1.20. The van der Waals surface area contributed by atoms with Gasteiger partial charge in [0.25, 0.3) is 5.91 Å². The van der Waals surface area contributed by atoms with Crippen molar-refractivity contribution in [3.05, 3.63) is 89.2 Å². The lowest BCUT2D eigenvalue weighted by Crippen LogP contribution is -2.49. The summed E-state index contributed by atoms with van der Waals surface area (Å²) in [6, 6.07) is 11.5. The molecule has 0 aliphatic rings. The molecule has 0 unspecified atom stereocenters. The topological polar surface area (TPSA) is 107 Å². The summed E-state index contributed by atoms with van der Waals surface area (Å²) in [5, 5.41) is 5.40. The first-order valence-corrected chi connectivity index (χ1v) is 11.4. The lowest BCUT2D eigenvalue weighted by atomic mass is 9.85. The summed E-state index contributed by atoms with van der Waals surface area (Å²) in [4.78, 5) is 41.4. The molecule has 2 atom stereocenters. The van der Waals surface area contributed by atoms with Gasteiger partial charge in [-0.05, 0) is 49.2 Å². The minimum atomic E-state index is -1.00. The molecule has 0 aliphatic heterocycles. The largest absolute Gasteiger partial charge is 0.493 e. The van der Waals surface area contributed by atoms with E-state index in [1.807, 2.05) is 0 Å². The molecule has 0 bridgehead atoms. The van der Waals surface area contributed by atoms with Crippen LogP contribution in [-0.4, -0.2) is 42.0 Å². The number of carbonyl (C=O) groups excluding carboxylic acids is 3. The number of hydrogen-bond donors (Lipinski definition) is 2. The molecule has 0 aliphatic carbocycles. The zero-order valence-electron chi connectivity index (χ0n) is 20.7. The minimum absolute atomic E-state index is 0.127. The third kappa shape index (κ3) is 6.87. The standard InChI is InChI=1S/C27H27F2N3O5/c1-15(23(18-5-9-20(28)10-6-18)19-7-11-21(29)12-8-19)31-26(34)16(2)32-27(35)24-25(37-17(3)33)22(36-4)13-14-30-24/h5-16,23H,1-4H3,(H,31,34)(H,32,35)/t15-,16-/m0/s1. The van der Waals surface area contributed by atoms with E-state index >= 15 is 0 Å². The molecule has 3 aromatic rings. The Hall–Kier alpha value is -4.34. The molecule has 0 saturated carbocycles. The summed E-state index contributed by atoms with van der Waals surface area (Å²) in [6.07, 6.45) is 1.31. The zero-order valence-corrected chi connectivity index (χ0v) is 20.7. The van der Waals surface area contributed by atoms with Crippen LogP contribution in [0.15, 0.2) is 60.8 Å². The number of aromatic nitrogens is 1. The maximum Gasteiger partial charge on any atom is 0.308 e. The van der Waals surface area contributed by atoms with E-state index in [-0.39, 0.29) is 17.2 Å². The van der Waals surface area contributed by atoms with Crippen LogP contribution in [0.25, 0.3) is 0 Å². The Morgan fingerprint density at radius 1 is 0.865 bits per heavy atom. The lowest BCUT2D eigenvalue weighted by Gasteiger charge is -2.27. The van der Waals surface area contributed by atoms with Crippen LogP contribution < -0.4 is 20.1 Å². The summed E-state index contributed by atoms with van der Waals surface area (Å²) >= 11 is 0. The molecule has 10 heteroatoms. The summed E-state index contributed by atoms with van der Waals surface area (Å²) in [6.45, 7) is 4.41. The predicted octanol–water partition coefficient (Wildman–Crippen LogP) is 3.75. The van der Waals surface area contributed by atoms with Crippen molar-refractivity contribution < 1.29 is 32.6 Å². The van der Waals surface area contributed by atoms with Crippen molar-refractivity contribution in [2.24, 2.45) is 0 Å². The van der Waals surface area contributed by atoms with Crippen molar-refractivity contribution in [2.45, 2.75) is 38.8 Å². The van der Waals surface area contributed by atoms with E-state index in [0.29, 0.717) is 11.1 Å². The maximum atomic E-state index is 13.5. The number of pyridine rings is 1.